The van der Waals surface area contributed by atoms with Crippen molar-refractivity contribution in [2.24, 2.45) is 11.8 Å². The summed E-state index contributed by atoms with van der Waals surface area (Å²) in [5.74, 6) is -0.281. The van der Waals surface area contributed by atoms with Crippen molar-refractivity contribution in [3.63, 3.8) is 0 Å². The predicted octanol–water partition coefficient (Wildman–Crippen LogP) is 10.4. The molecule has 4 aromatic rings. The zero-order valence-corrected chi connectivity index (χ0v) is 48.5. The van der Waals surface area contributed by atoms with Crippen molar-refractivity contribution in [2.75, 3.05) is 26.4 Å². The van der Waals surface area contributed by atoms with Gasteiger partial charge in [0.15, 0.2) is 22.3 Å². The highest BCUT2D eigenvalue weighted by Crippen LogP contribution is 2.41. The Morgan fingerprint density at radius 2 is 0.925 bits per heavy atom. The van der Waals surface area contributed by atoms with E-state index in [1.165, 1.54) is 44.9 Å². The van der Waals surface area contributed by atoms with Gasteiger partial charge in [-0.3, -0.25) is 39.8 Å². The van der Waals surface area contributed by atoms with Gasteiger partial charge in [-0.25, -0.2) is 19.9 Å². The van der Waals surface area contributed by atoms with Gasteiger partial charge >= 0.3 is 11.9 Å². The number of aromatic amines is 2. The van der Waals surface area contributed by atoms with Crippen molar-refractivity contribution in [2.45, 2.75) is 219 Å². The highest BCUT2D eigenvalue weighted by atomic mass is 16.6. The molecule has 0 aliphatic heterocycles. The first kappa shape index (κ1) is 64.9. The summed E-state index contributed by atoms with van der Waals surface area (Å²) in [6.45, 7) is 25.8. The van der Waals surface area contributed by atoms with E-state index in [1.54, 1.807) is 35.6 Å². The third kappa shape index (κ3) is 20.9. The van der Waals surface area contributed by atoms with E-state index in [2.05, 4.69) is 81.0 Å². The van der Waals surface area contributed by atoms with E-state index >= 15 is 0 Å². The fourth-order valence-corrected chi connectivity index (χ4v) is 10.4. The molecule has 2 aliphatic carbocycles. The highest BCUT2D eigenvalue weighted by Gasteiger charge is 2.40. The van der Waals surface area contributed by atoms with Gasteiger partial charge in [-0.05, 0) is 89.2 Å². The molecule has 80 heavy (non-hydrogen) atoms. The Labute approximate surface area is 472 Å². The minimum Gasteiger partial charge on any atom is -0.465 e. The molecule has 0 saturated heterocycles. The van der Waals surface area contributed by atoms with E-state index in [0.717, 1.165) is 125 Å². The Morgan fingerprint density at radius 3 is 1.34 bits per heavy atom. The van der Waals surface area contributed by atoms with Crippen molar-refractivity contribution in [3.8, 4) is 0 Å². The maximum atomic E-state index is 12.4. The number of carbonyl (C=O) groups excluding carboxylic acids is 2. The lowest BCUT2D eigenvalue weighted by atomic mass is 10.0. The summed E-state index contributed by atoms with van der Waals surface area (Å²) in [6.07, 6.45) is 27.1. The van der Waals surface area contributed by atoms with Crippen molar-refractivity contribution >= 4 is 34.3 Å². The maximum absolute atomic E-state index is 12.4. The molecule has 6 rings (SSSR count). The molecule has 0 unspecified atom stereocenters. The van der Waals surface area contributed by atoms with Crippen LogP contribution in [-0.4, -0.2) is 99.8 Å². The van der Waals surface area contributed by atoms with Gasteiger partial charge in [-0.2, -0.15) is 0 Å². The standard InChI is InChI=1S/C33H53N5O5.C27H41N5O5/c1-5-6-7-8-14-17-20-43-37-24(2)18-15-12-10-9-11-13-16-19-30(40)42-22-27-25(3)28(21-29(27)39)38-23-34-31-32(38)35-26(4)36-33(31)41;1-5-6-11-14-37-31-18(2)12-9-7-8-10-13-24(34)36-16-21-19(3)22(15-23(21)33)32-17-28-25-26(32)29-20(4)30-27(25)35/h23,27-29,37,39H,2-3,5-22H2,1,4H3,(H,35,36,41);17,21-23,31,33H,2-3,5-16H2,1,4H3,(H,29,30,35)/t27-,28-,29-;21-,22-,23-/m00/s1. The number of aromatic nitrogens is 8. The number of nitrogens with one attached hydrogen (secondary N) is 4. The second-order valence-electron chi connectivity index (χ2n) is 21.8. The van der Waals surface area contributed by atoms with Crippen LogP contribution in [0.25, 0.3) is 22.3 Å². The van der Waals surface area contributed by atoms with Gasteiger partial charge < -0.3 is 38.8 Å². The molecule has 20 nitrogen and oxygen atoms in total. The number of aryl methyl sites for hydroxylation is 2. The number of ether oxygens (including phenoxy) is 2. The average Bonchev–Trinajstić information content (AvgIpc) is 4.20. The Kier molecular flexibility index (Phi) is 28.4. The van der Waals surface area contributed by atoms with Crippen LogP contribution >= 0.6 is 0 Å². The molecule has 6 atom stereocenters. The van der Waals surface area contributed by atoms with Crippen LogP contribution in [0.4, 0.5) is 0 Å². The second-order valence-corrected chi connectivity index (χ2v) is 21.8. The number of carbonyl (C=O) groups is 2. The van der Waals surface area contributed by atoms with E-state index in [9.17, 15) is 29.4 Å². The van der Waals surface area contributed by atoms with Gasteiger partial charge in [0.25, 0.3) is 11.1 Å². The molecule has 2 fully saturated rings. The molecule has 0 aromatic carbocycles. The zero-order chi connectivity index (χ0) is 57.8. The van der Waals surface area contributed by atoms with Crippen molar-refractivity contribution < 1.29 is 39.0 Å². The van der Waals surface area contributed by atoms with E-state index in [1.807, 2.05) is 0 Å². The van der Waals surface area contributed by atoms with Gasteiger partial charge in [0.1, 0.15) is 24.9 Å². The lowest BCUT2D eigenvalue weighted by Crippen LogP contribution is -2.22. The van der Waals surface area contributed by atoms with Crippen LogP contribution in [0.1, 0.15) is 205 Å². The lowest BCUT2D eigenvalue weighted by Gasteiger charge is -2.17. The molecular weight excluding hydrogens is 1020 g/mol. The summed E-state index contributed by atoms with van der Waals surface area (Å²) in [5, 5.41) is 21.3. The molecule has 444 valence electrons. The number of fused-ring (bicyclic) bond motifs is 2. The molecule has 6 N–H and O–H groups in total. The van der Waals surface area contributed by atoms with Crippen LogP contribution in [0, 0.1) is 25.7 Å². The van der Waals surface area contributed by atoms with E-state index in [-0.39, 0.29) is 71.2 Å². The predicted molar refractivity (Wildman–Crippen MR) is 311 cm³/mol. The average molecular weight is 1120 g/mol. The fraction of sp³-hybridized carbons (Fsp3) is 0.667. The molecule has 0 radical (unpaired) electrons. The SMILES string of the molecule is C=C(CCCCCCC(=O)OC[C@H]1C(=C)[C@@H](n2cnc3c(=O)[nH]c(C)nc32)C[C@@H]1O)NOCCCCC.C=C(CCCCCCCCCC(=O)OC[C@H]1C(=C)[C@@H](n2cnc3c(=O)[nH]c(C)nc32)C[C@@H]1O)NOCCCCCCCC. The van der Waals surface area contributed by atoms with E-state index in [0.29, 0.717) is 55.2 Å². The summed E-state index contributed by atoms with van der Waals surface area (Å²) in [6, 6.07) is -0.543. The molecule has 2 aliphatic rings. The second kappa shape index (κ2) is 35.0. The maximum Gasteiger partial charge on any atom is 0.305 e. The van der Waals surface area contributed by atoms with Crippen molar-refractivity contribution in [3.05, 3.63) is 93.9 Å². The first-order valence-corrected chi connectivity index (χ1v) is 29.7. The highest BCUT2D eigenvalue weighted by molar-refractivity contribution is 5.71. The van der Waals surface area contributed by atoms with Crippen LogP contribution in [0.5, 0.6) is 0 Å². The molecule has 4 aromatic heterocycles. The fourth-order valence-electron chi connectivity index (χ4n) is 10.4. The smallest absolute Gasteiger partial charge is 0.305 e. The third-order valence-corrected chi connectivity index (χ3v) is 15.1. The molecule has 4 heterocycles. The number of hydrogen-bond donors (Lipinski definition) is 6. The number of hydrogen-bond acceptors (Lipinski definition) is 16. The Balaban J connectivity index is 0.000000297. The number of esters is 2. The lowest BCUT2D eigenvalue weighted by molar-refractivity contribution is -0.146. The first-order chi connectivity index (χ1) is 38.6. The minimum atomic E-state index is -0.705. The first-order valence-electron chi connectivity index (χ1n) is 29.7. The van der Waals surface area contributed by atoms with E-state index in [4.69, 9.17) is 19.1 Å². The number of unbranched alkanes of at least 4 members (excludes halogenated alkanes) is 16. The molecule has 0 bridgehead atoms. The number of imidazole rings is 2. The van der Waals surface area contributed by atoms with Crippen LogP contribution in [0.3, 0.4) is 0 Å². The van der Waals surface area contributed by atoms with Gasteiger partial charge in [-0.15, -0.1) is 0 Å². The number of allylic oxidation sites excluding steroid dienone is 2. The van der Waals surface area contributed by atoms with Gasteiger partial charge in [0.2, 0.25) is 0 Å². The number of aliphatic hydroxyl groups is 2. The molecule has 0 spiro atoms. The Morgan fingerprint density at radius 1 is 0.575 bits per heavy atom. The summed E-state index contributed by atoms with van der Waals surface area (Å²) in [7, 11) is 0. The van der Waals surface area contributed by atoms with Crippen molar-refractivity contribution in [1.82, 2.24) is 50.0 Å². The van der Waals surface area contributed by atoms with Gasteiger partial charge in [0.05, 0.1) is 50.2 Å². The van der Waals surface area contributed by atoms with Crippen LogP contribution in [-0.2, 0) is 28.7 Å². The van der Waals surface area contributed by atoms with Crippen LogP contribution < -0.4 is 22.1 Å². The van der Waals surface area contributed by atoms with E-state index < -0.39 is 12.2 Å². The van der Waals surface area contributed by atoms with Crippen LogP contribution in [0.15, 0.2) is 71.1 Å². The number of aliphatic hydroxyl groups excluding tert-OH is 2. The third-order valence-electron chi connectivity index (χ3n) is 15.1. The molecule has 2 saturated carbocycles. The largest absolute Gasteiger partial charge is 0.465 e. The van der Waals surface area contributed by atoms with Gasteiger partial charge in [0, 0.05) is 36.1 Å². The van der Waals surface area contributed by atoms with Gasteiger partial charge in [-0.1, -0.05) is 130 Å². The number of hydroxylamine groups is 2. The number of rotatable bonds is 38. The molecular formula is C60H94N10O10. The zero-order valence-electron chi connectivity index (χ0n) is 48.5. The Hall–Kier alpha value is -5.96. The minimum absolute atomic E-state index is 0.0821. The summed E-state index contributed by atoms with van der Waals surface area (Å²) < 4.78 is 14.6. The van der Waals surface area contributed by atoms with Crippen molar-refractivity contribution in [1.29, 1.82) is 0 Å². The van der Waals surface area contributed by atoms with Crippen LogP contribution in [0.2, 0.25) is 0 Å². The summed E-state index contributed by atoms with van der Waals surface area (Å²) >= 11 is 0. The monoisotopic (exact) mass is 1110 g/mol. The topological polar surface area (TPSA) is 263 Å². The summed E-state index contributed by atoms with van der Waals surface area (Å²) in [5.41, 5.74) is 10.0. The molecule has 0 amide bonds. The normalized spacial score (nSPS) is 18.9. The number of H-pyrrole nitrogens is 2. The Bertz CT molecular complexity index is 2710. The summed E-state index contributed by atoms with van der Waals surface area (Å²) in [4.78, 5) is 82.4. The number of nitrogens with zero attached hydrogens (tertiary/aromatic N) is 6. The molecule has 20 heteroatoms. The quantitative estimate of drug-likeness (QED) is 0.0105.